The lowest BCUT2D eigenvalue weighted by molar-refractivity contribution is 0.307. The van der Waals surface area contributed by atoms with Crippen LogP contribution in [-0.4, -0.2) is 10.8 Å². The summed E-state index contributed by atoms with van der Waals surface area (Å²) in [6.45, 7) is 2.46. The quantitative estimate of drug-likeness (QED) is 0.643. The smallest absolute Gasteiger partial charge is 0.124 e. The highest BCUT2D eigenvalue weighted by atomic mass is 32.1. The molecule has 0 aliphatic rings. The van der Waals surface area contributed by atoms with Crippen molar-refractivity contribution in [3.05, 3.63) is 45.9 Å². The number of nitrogens with zero attached hydrogens (tertiary/aromatic N) is 1. The Balaban J connectivity index is 2.14. The largest absolute Gasteiger partial charge is 0.488 e. The zero-order valence-electron chi connectivity index (χ0n) is 9.43. The van der Waals surface area contributed by atoms with Gasteiger partial charge in [0.05, 0.1) is 10.4 Å². The summed E-state index contributed by atoms with van der Waals surface area (Å²) in [6, 6.07) is 5.51. The van der Waals surface area contributed by atoms with Crippen LogP contribution in [0, 0.1) is 12.3 Å². The molecule has 0 fully saturated rings. The lowest BCUT2D eigenvalue weighted by Crippen LogP contribution is -2.11. The second-order valence-electron chi connectivity index (χ2n) is 3.65. The second kappa shape index (κ2) is 4.97. The summed E-state index contributed by atoms with van der Waals surface area (Å²) in [5, 5.41) is 7.39. The molecular weight excluding hydrogens is 234 g/mol. The van der Waals surface area contributed by atoms with Crippen LogP contribution in [-0.2, 0) is 6.61 Å². The minimum Gasteiger partial charge on any atom is -0.488 e. The van der Waals surface area contributed by atoms with Crippen LogP contribution in [0.5, 0.6) is 5.75 Å². The van der Waals surface area contributed by atoms with Crippen LogP contribution in [0.1, 0.15) is 16.0 Å². The van der Waals surface area contributed by atoms with Crippen molar-refractivity contribution in [2.24, 2.45) is 5.73 Å². The van der Waals surface area contributed by atoms with E-state index in [2.05, 4.69) is 4.98 Å². The maximum Gasteiger partial charge on any atom is 0.124 e. The summed E-state index contributed by atoms with van der Waals surface area (Å²) in [4.78, 5) is 5.05. The Kier molecular flexibility index (Phi) is 3.39. The minimum absolute atomic E-state index is 0.0487. The zero-order valence-corrected chi connectivity index (χ0v) is 10.3. The van der Waals surface area contributed by atoms with E-state index in [-0.39, 0.29) is 5.84 Å². The Hall–Kier alpha value is -1.88. The van der Waals surface area contributed by atoms with Gasteiger partial charge >= 0.3 is 0 Å². The highest BCUT2D eigenvalue weighted by molar-refractivity contribution is 7.09. The molecule has 3 N–H and O–H groups in total. The number of nitrogens with one attached hydrogen (secondary N) is 1. The summed E-state index contributed by atoms with van der Waals surface area (Å²) in [5.74, 6) is 0.804. The van der Waals surface area contributed by atoms with Gasteiger partial charge in [0.25, 0.3) is 0 Å². The third-order valence-corrected chi connectivity index (χ3v) is 3.11. The maximum atomic E-state index is 7.39. The molecule has 4 nitrogen and oxygen atoms in total. The van der Waals surface area contributed by atoms with Crippen LogP contribution in [0.15, 0.2) is 29.9 Å². The highest BCUT2D eigenvalue weighted by Gasteiger charge is 2.04. The molecular formula is C12H13N3OS. The average Bonchev–Trinajstić information content (AvgIpc) is 2.80. The first-order valence-corrected chi connectivity index (χ1v) is 6.00. The predicted molar refractivity (Wildman–Crippen MR) is 68.6 cm³/mol. The van der Waals surface area contributed by atoms with Gasteiger partial charge in [-0.1, -0.05) is 12.1 Å². The maximum absolute atomic E-state index is 7.39. The van der Waals surface area contributed by atoms with Crippen molar-refractivity contribution in [3.8, 4) is 5.75 Å². The van der Waals surface area contributed by atoms with Crippen molar-refractivity contribution < 1.29 is 4.74 Å². The van der Waals surface area contributed by atoms with Gasteiger partial charge in [-0.15, -0.1) is 11.3 Å². The minimum atomic E-state index is 0.0487. The molecule has 0 amide bonds. The molecule has 5 heteroatoms. The average molecular weight is 247 g/mol. The van der Waals surface area contributed by atoms with E-state index in [9.17, 15) is 0 Å². The molecule has 2 aromatic rings. The van der Waals surface area contributed by atoms with Crippen molar-refractivity contribution >= 4 is 17.2 Å². The van der Waals surface area contributed by atoms with E-state index >= 15 is 0 Å². The Morgan fingerprint density at radius 2 is 2.35 bits per heavy atom. The zero-order chi connectivity index (χ0) is 12.3. The number of benzene rings is 1. The van der Waals surface area contributed by atoms with Gasteiger partial charge in [0.1, 0.15) is 18.2 Å². The molecule has 0 radical (unpaired) electrons. The Labute approximate surface area is 104 Å². The van der Waals surface area contributed by atoms with Gasteiger partial charge in [-0.3, -0.25) is 10.4 Å². The van der Waals surface area contributed by atoms with E-state index in [1.807, 2.05) is 19.1 Å². The van der Waals surface area contributed by atoms with Crippen molar-refractivity contribution in [2.45, 2.75) is 13.5 Å². The number of amidine groups is 1. The van der Waals surface area contributed by atoms with Crippen LogP contribution in [0.4, 0.5) is 0 Å². The number of aryl methyl sites for hydroxylation is 1. The number of hydrogen-bond donors (Lipinski definition) is 2. The molecule has 88 valence electrons. The fraction of sp³-hybridized carbons (Fsp3) is 0.167. The molecule has 0 unspecified atom stereocenters. The SMILES string of the molecule is Cc1ccc(C(=N)N)cc1OCc1cncs1. The summed E-state index contributed by atoms with van der Waals surface area (Å²) in [7, 11) is 0. The van der Waals surface area contributed by atoms with Crippen molar-refractivity contribution in [3.63, 3.8) is 0 Å². The molecule has 2 rings (SSSR count). The standard InChI is InChI=1S/C12H13N3OS/c1-8-2-3-9(12(13)14)4-11(8)16-6-10-5-15-7-17-10/h2-5,7H,6H2,1H3,(H3,13,14). The van der Waals surface area contributed by atoms with E-state index in [0.29, 0.717) is 12.2 Å². The molecule has 0 saturated carbocycles. The van der Waals surface area contributed by atoms with Gasteiger partial charge < -0.3 is 10.5 Å². The van der Waals surface area contributed by atoms with Crippen molar-refractivity contribution in [1.82, 2.24) is 4.98 Å². The first kappa shape index (κ1) is 11.6. The van der Waals surface area contributed by atoms with Gasteiger partial charge in [0.2, 0.25) is 0 Å². The topological polar surface area (TPSA) is 72.0 Å². The van der Waals surface area contributed by atoms with Crippen LogP contribution in [0.3, 0.4) is 0 Å². The number of aromatic nitrogens is 1. The van der Waals surface area contributed by atoms with E-state index < -0.39 is 0 Å². The number of ether oxygens (including phenoxy) is 1. The number of thiazole rings is 1. The normalized spacial score (nSPS) is 10.2. The summed E-state index contributed by atoms with van der Waals surface area (Å²) < 4.78 is 5.69. The van der Waals surface area contributed by atoms with Crippen LogP contribution in [0.2, 0.25) is 0 Å². The van der Waals surface area contributed by atoms with Crippen molar-refractivity contribution in [2.75, 3.05) is 0 Å². The monoisotopic (exact) mass is 247 g/mol. The number of rotatable bonds is 4. The van der Waals surface area contributed by atoms with Gasteiger partial charge in [0, 0.05) is 11.8 Å². The molecule has 0 spiro atoms. The van der Waals surface area contributed by atoms with E-state index in [1.165, 1.54) is 0 Å². The third-order valence-electron chi connectivity index (χ3n) is 2.35. The summed E-state index contributed by atoms with van der Waals surface area (Å²) in [6.07, 6.45) is 1.79. The predicted octanol–water partition coefficient (Wildman–Crippen LogP) is 2.31. The van der Waals surface area contributed by atoms with Crippen molar-refractivity contribution in [1.29, 1.82) is 5.41 Å². The molecule has 0 atom stereocenters. The molecule has 0 saturated heterocycles. The molecule has 17 heavy (non-hydrogen) atoms. The number of hydrogen-bond acceptors (Lipinski definition) is 4. The second-order valence-corrected chi connectivity index (χ2v) is 4.62. The Morgan fingerprint density at radius 1 is 1.53 bits per heavy atom. The van der Waals surface area contributed by atoms with Crippen LogP contribution >= 0.6 is 11.3 Å². The third kappa shape index (κ3) is 2.82. The molecule has 1 heterocycles. The molecule has 0 aliphatic carbocycles. The fourth-order valence-corrected chi connectivity index (χ4v) is 1.89. The van der Waals surface area contributed by atoms with Crippen LogP contribution in [0.25, 0.3) is 0 Å². The highest BCUT2D eigenvalue weighted by Crippen LogP contribution is 2.21. The molecule has 1 aromatic heterocycles. The Bertz CT molecular complexity index is 523. The first-order chi connectivity index (χ1) is 8.16. The lowest BCUT2D eigenvalue weighted by Gasteiger charge is -2.09. The number of nitrogen functional groups attached to an aromatic ring is 1. The van der Waals surface area contributed by atoms with E-state index in [0.717, 1.165) is 16.2 Å². The Morgan fingerprint density at radius 3 is 3.00 bits per heavy atom. The lowest BCUT2D eigenvalue weighted by atomic mass is 10.1. The van der Waals surface area contributed by atoms with Gasteiger partial charge in [-0.25, -0.2) is 0 Å². The number of nitrogens with two attached hydrogens (primary N) is 1. The molecule has 0 aliphatic heterocycles. The van der Waals surface area contributed by atoms with Crippen LogP contribution < -0.4 is 10.5 Å². The molecule has 1 aromatic carbocycles. The summed E-state index contributed by atoms with van der Waals surface area (Å²) >= 11 is 1.56. The van der Waals surface area contributed by atoms with Gasteiger partial charge in [0.15, 0.2) is 0 Å². The van der Waals surface area contributed by atoms with Gasteiger partial charge in [-0.2, -0.15) is 0 Å². The summed E-state index contributed by atoms with van der Waals surface area (Å²) in [5.41, 5.74) is 8.92. The van der Waals surface area contributed by atoms with E-state index in [1.54, 1.807) is 29.1 Å². The first-order valence-electron chi connectivity index (χ1n) is 5.12. The fourth-order valence-electron chi connectivity index (χ4n) is 1.39. The van der Waals surface area contributed by atoms with Gasteiger partial charge in [-0.05, 0) is 18.6 Å². The van der Waals surface area contributed by atoms with E-state index in [4.69, 9.17) is 15.9 Å². The molecule has 0 bridgehead atoms.